The average Bonchev–Trinajstić information content (AvgIpc) is 2.61. The lowest BCUT2D eigenvalue weighted by atomic mass is 10.3. The summed E-state index contributed by atoms with van der Waals surface area (Å²) >= 11 is 1.34. The van der Waals surface area contributed by atoms with Crippen molar-refractivity contribution in [2.45, 2.75) is 18.4 Å². The maximum Gasteiger partial charge on any atom is 0.258 e. The molecule has 8 heteroatoms. The number of hydrogen-bond acceptors (Lipinski definition) is 5. The fraction of sp³-hybridized carbons (Fsp3) is 0.235. The molecule has 7 nitrogen and oxygen atoms in total. The third-order valence-electron chi connectivity index (χ3n) is 3.06. The van der Waals surface area contributed by atoms with Crippen molar-refractivity contribution in [3.05, 3.63) is 59.0 Å². The molecule has 0 fully saturated rings. The molecule has 2 aromatic rings. The Balaban J connectivity index is 1.72. The van der Waals surface area contributed by atoms with Gasteiger partial charge in [0.15, 0.2) is 0 Å². The van der Waals surface area contributed by atoms with Crippen molar-refractivity contribution in [1.29, 1.82) is 0 Å². The number of amides is 2. The van der Waals surface area contributed by atoms with Gasteiger partial charge in [0, 0.05) is 17.2 Å². The Bertz CT molecular complexity index is 774. The first-order valence-electron chi connectivity index (χ1n) is 7.67. The van der Waals surface area contributed by atoms with Crippen molar-refractivity contribution >= 4 is 23.6 Å². The number of benzene rings is 1. The van der Waals surface area contributed by atoms with Gasteiger partial charge < -0.3 is 9.30 Å². The van der Waals surface area contributed by atoms with E-state index in [9.17, 15) is 14.4 Å². The van der Waals surface area contributed by atoms with Crippen LogP contribution in [0, 0.1) is 0 Å². The van der Waals surface area contributed by atoms with Crippen LogP contribution in [0.2, 0.25) is 0 Å². The summed E-state index contributed by atoms with van der Waals surface area (Å²) in [5.74, 6) is 0.111. The summed E-state index contributed by atoms with van der Waals surface area (Å²) in [7, 11) is 0. The minimum Gasteiger partial charge on any atom is -0.494 e. The topological polar surface area (TPSA) is 89.4 Å². The molecule has 0 radical (unpaired) electrons. The minimum absolute atomic E-state index is 0.152. The number of thioether (sulfide) groups is 1. The molecule has 0 aliphatic heterocycles. The largest absolute Gasteiger partial charge is 0.494 e. The van der Waals surface area contributed by atoms with Gasteiger partial charge in [0.05, 0.1) is 12.4 Å². The van der Waals surface area contributed by atoms with Gasteiger partial charge in [0.1, 0.15) is 12.3 Å². The second-order valence-electron chi connectivity index (χ2n) is 4.96. The third-order valence-corrected chi connectivity index (χ3v) is 4.07. The summed E-state index contributed by atoms with van der Waals surface area (Å²) in [5.41, 5.74) is 4.33. The highest BCUT2D eigenvalue weighted by atomic mass is 32.2. The van der Waals surface area contributed by atoms with Gasteiger partial charge >= 0.3 is 0 Å². The quantitative estimate of drug-likeness (QED) is 0.571. The SMILES string of the molecule is CCOc1ccc(SCC(=O)NNC(=O)Cn2ccccc2=O)cc1. The average molecular weight is 361 g/mol. The molecule has 2 N–H and O–H groups in total. The van der Waals surface area contributed by atoms with Crippen molar-refractivity contribution < 1.29 is 14.3 Å². The molecule has 0 bridgehead atoms. The first-order valence-corrected chi connectivity index (χ1v) is 8.66. The van der Waals surface area contributed by atoms with Gasteiger partial charge in [0.25, 0.3) is 11.5 Å². The second-order valence-corrected chi connectivity index (χ2v) is 6.00. The van der Waals surface area contributed by atoms with E-state index in [4.69, 9.17) is 4.74 Å². The van der Waals surface area contributed by atoms with Gasteiger partial charge in [-0.15, -0.1) is 11.8 Å². The van der Waals surface area contributed by atoms with E-state index in [0.717, 1.165) is 10.6 Å². The number of nitrogens with zero attached hydrogens (tertiary/aromatic N) is 1. The van der Waals surface area contributed by atoms with Crippen molar-refractivity contribution in [2.24, 2.45) is 0 Å². The molecule has 0 saturated heterocycles. The minimum atomic E-state index is -0.479. The van der Waals surface area contributed by atoms with Gasteiger partial charge in [-0.25, -0.2) is 0 Å². The van der Waals surface area contributed by atoms with E-state index in [2.05, 4.69) is 10.9 Å². The molecule has 0 aliphatic carbocycles. The highest BCUT2D eigenvalue weighted by Gasteiger charge is 2.07. The molecule has 1 heterocycles. The van der Waals surface area contributed by atoms with Gasteiger partial charge in [0.2, 0.25) is 5.91 Å². The molecule has 2 amide bonds. The maximum atomic E-state index is 11.8. The summed E-state index contributed by atoms with van der Waals surface area (Å²) < 4.78 is 6.59. The summed E-state index contributed by atoms with van der Waals surface area (Å²) in [6.07, 6.45) is 1.51. The van der Waals surface area contributed by atoms with E-state index in [1.54, 1.807) is 12.1 Å². The van der Waals surface area contributed by atoms with Crippen molar-refractivity contribution in [3.63, 3.8) is 0 Å². The molecule has 25 heavy (non-hydrogen) atoms. The normalized spacial score (nSPS) is 10.1. The van der Waals surface area contributed by atoms with E-state index < -0.39 is 5.91 Å². The Hall–Kier alpha value is -2.74. The van der Waals surface area contributed by atoms with E-state index in [1.165, 1.54) is 28.6 Å². The summed E-state index contributed by atoms with van der Waals surface area (Å²) in [5, 5.41) is 0. The van der Waals surface area contributed by atoms with Crippen LogP contribution in [0.25, 0.3) is 0 Å². The number of ether oxygens (including phenoxy) is 1. The smallest absolute Gasteiger partial charge is 0.258 e. The van der Waals surface area contributed by atoms with Crippen molar-refractivity contribution in [3.8, 4) is 5.75 Å². The molecule has 2 rings (SSSR count). The molecule has 0 unspecified atom stereocenters. The Labute approximate surface area is 149 Å². The predicted molar refractivity (Wildman–Crippen MR) is 95.3 cm³/mol. The number of carbonyl (C=O) groups excluding carboxylic acids is 2. The maximum absolute atomic E-state index is 11.8. The third kappa shape index (κ3) is 6.34. The highest BCUT2D eigenvalue weighted by Crippen LogP contribution is 2.21. The van der Waals surface area contributed by atoms with Gasteiger partial charge in [-0.2, -0.15) is 0 Å². The number of rotatable bonds is 7. The number of hydrazine groups is 1. The van der Waals surface area contributed by atoms with E-state index in [-0.39, 0.29) is 23.8 Å². The lowest BCUT2D eigenvalue weighted by molar-refractivity contribution is -0.128. The van der Waals surface area contributed by atoms with Crippen LogP contribution < -0.4 is 21.1 Å². The molecule has 1 aromatic heterocycles. The fourth-order valence-electron chi connectivity index (χ4n) is 1.91. The number of nitrogens with one attached hydrogen (secondary N) is 2. The fourth-order valence-corrected chi connectivity index (χ4v) is 2.61. The first-order chi connectivity index (χ1) is 12.1. The molecular formula is C17H19N3O4S. The zero-order chi connectivity index (χ0) is 18.1. The molecule has 132 valence electrons. The molecule has 0 atom stereocenters. The van der Waals surface area contributed by atoms with Crippen LogP contribution in [-0.2, 0) is 16.1 Å². The zero-order valence-corrected chi connectivity index (χ0v) is 14.5. The highest BCUT2D eigenvalue weighted by molar-refractivity contribution is 8.00. The number of aromatic nitrogens is 1. The van der Waals surface area contributed by atoms with Gasteiger partial charge in [-0.1, -0.05) is 6.07 Å². The Morgan fingerprint density at radius 3 is 2.48 bits per heavy atom. The molecule has 0 saturated carbocycles. The summed E-state index contributed by atoms with van der Waals surface area (Å²) in [4.78, 5) is 35.9. The molecule has 1 aromatic carbocycles. The Morgan fingerprint density at radius 1 is 1.08 bits per heavy atom. The van der Waals surface area contributed by atoms with Crippen LogP contribution >= 0.6 is 11.8 Å². The lowest BCUT2D eigenvalue weighted by Crippen LogP contribution is -2.44. The molecule has 0 spiro atoms. The first kappa shape index (κ1) is 18.6. The summed E-state index contributed by atoms with van der Waals surface area (Å²) in [6, 6.07) is 12.0. The number of hydrogen-bond donors (Lipinski definition) is 2. The van der Waals surface area contributed by atoms with E-state index in [1.807, 2.05) is 31.2 Å². The molecule has 0 aliphatic rings. The standard InChI is InChI=1S/C17H19N3O4S/c1-2-24-13-6-8-14(9-7-13)25-12-16(22)19-18-15(21)11-20-10-4-3-5-17(20)23/h3-10H,2,11-12H2,1H3,(H,18,21)(H,19,22). The van der Waals surface area contributed by atoms with Crippen LogP contribution in [0.5, 0.6) is 5.75 Å². The van der Waals surface area contributed by atoms with Crippen LogP contribution in [0.3, 0.4) is 0 Å². The van der Waals surface area contributed by atoms with Crippen molar-refractivity contribution in [2.75, 3.05) is 12.4 Å². The lowest BCUT2D eigenvalue weighted by Gasteiger charge is -2.09. The predicted octanol–water partition coefficient (Wildman–Crippen LogP) is 1.19. The Kier molecular flexibility index (Phi) is 7.09. The monoisotopic (exact) mass is 361 g/mol. The number of carbonyl (C=O) groups is 2. The van der Waals surface area contributed by atoms with Crippen LogP contribution in [-0.4, -0.2) is 28.7 Å². The molecular weight excluding hydrogens is 342 g/mol. The van der Waals surface area contributed by atoms with Crippen molar-refractivity contribution in [1.82, 2.24) is 15.4 Å². The van der Waals surface area contributed by atoms with Gasteiger partial charge in [-0.3, -0.25) is 25.2 Å². The van der Waals surface area contributed by atoms with Crippen LogP contribution in [0.4, 0.5) is 0 Å². The van der Waals surface area contributed by atoms with Gasteiger partial charge in [-0.05, 0) is 37.3 Å². The zero-order valence-electron chi connectivity index (χ0n) is 13.7. The second kappa shape index (κ2) is 9.53. The van der Waals surface area contributed by atoms with Crippen LogP contribution in [0.1, 0.15) is 6.92 Å². The van der Waals surface area contributed by atoms with E-state index >= 15 is 0 Å². The van der Waals surface area contributed by atoms with E-state index in [0.29, 0.717) is 6.61 Å². The Morgan fingerprint density at radius 2 is 1.80 bits per heavy atom. The van der Waals surface area contributed by atoms with Crippen LogP contribution in [0.15, 0.2) is 58.4 Å². The summed E-state index contributed by atoms with van der Waals surface area (Å²) in [6.45, 7) is 2.35. The number of pyridine rings is 1.